The second-order valence-corrected chi connectivity index (χ2v) is 10.0. The van der Waals surface area contributed by atoms with E-state index in [0.29, 0.717) is 12.1 Å². The molecular formula is C23H27BrN2O3S. The highest BCUT2D eigenvalue weighted by atomic mass is 79.9. The van der Waals surface area contributed by atoms with Crippen LogP contribution in [0.25, 0.3) is 0 Å². The van der Waals surface area contributed by atoms with E-state index >= 15 is 0 Å². The molecule has 1 heterocycles. The Morgan fingerprint density at radius 3 is 2.63 bits per heavy atom. The minimum Gasteiger partial charge on any atom is -0.282 e. The molecule has 2 aromatic rings. The van der Waals surface area contributed by atoms with E-state index in [0.717, 1.165) is 53.3 Å². The summed E-state index contributed by atoms with van der Waals surface area (Å²) >= 11 is 3.56. The molecule has 0 aliphatic carbocycles. The molecule has 1 fully saturated rings. The summed E-state index contributed by atoms with van der Waals surface area (Å²) in [7, 11) is -4.39. The zero-order valence-corrected chi connectivity index (χ0v) is 19.7. The third-order valence-electron chi connectivity index (χ3n) is 5.86. The Bertz CT molecular complexity index is 1060. The van der Waals surface area contributed by atoms with Gasteiger partial charge in [-0.3, -0.25) is 9.45 Å². The van der Waals surface area contributed by atoms with E-state index in [1.165, 1.54) is 6.07 Å². The van der Waals surface area contributed by atoms with Gasteiger partial charge in [-0.2, -0.15) is 13.7 Å². The van der Waals surface area contributed by atoms with E-state index < -0.39 is 16.2 Å². The average molecular weight is 491 g/mol. The van der Waals surface area contributed by atoms with Crippen LogP contribution in [0, 0.1) is 18.3 Å². The van der Waals surface area contributed by atoms with Crippen molar-refractivity contribution >= 4 is 26.0 Å². The molecule has 0 aromatic heterocycles. The second-order valence-electron chi connectivity index (χ2n) is 7.80. The normalized spacial score (nSPS) is 18.7. The van der Waals surface area contributed by atoms with Gasteiger partial charge < -0.3 is 0 Å². The van der Waals surface area contributed by atoms with Gasteiger partial charge in [0, 0.05) is 17.1 Å². The van der Waals surface area contributed by atoms with E-state index in [1.807, 2.05) is 31.2 Å². The smallest absolute Gasteiger partial charge is 0.282 e. The molecule has 0 radical (unpaired) electrons. The highest BCUT2D eigenvalue weighted by molar-refractivity contribution is 9.10. The lowest BCUT2D eigenvalue weighted by Gasteiger charge is -2.40. The molecule has 5 nitrogen and oxygen atoms in total. The first-order valence-corrected chi connectivity index (χ1v) is 12.5. The molecule has 7 heteroatoms. The maximum absolute atomic E-state index is 12.3. The number of piperidine rings is 1. The van der Waals surface area contributed by atoms with E-state index in [1.54, 1.807) is 6.07 Å². The third-order valence-corrected chi connectivity index (χ3v) is 7.49. The van der Waals surface area contributed by atoms with Crippen LogP contribution in [0.3, 0.4) is 0 Å². The van der Waals surface area contributed by atoms with E-state index in [2.05, 4.69) is 33.8 Å². The van der Waals surface area contributed by atoms with Crippen LogP contribution in [0.5, 0.6) is 0 Å². The number of nitrogens with zero attached hydrogens (tertiary/aromatic N) is 2. The lowest BCUT2D eigenvalue weighted by atomic mass is 9.86. The number of likely N-dealkylation sites (tertiary alicyclic amines) is 1. The molecule has 1 saturated heterocycles. The molecule has 1 aliphatic rings. The fraction of sp³-hybridized carbons (Fsp3) is 0.435. The van der Waals surface area contributed by atoms with Gasteiger partial charge >= 0.3 is 0 Å². The number of aryl methyl sites for hydroxylation is 1. The van der Waals surface area contributed by atoms with Gasteiger partial charge in [0.1, 0.15) is 6.04 Å². The number of hydrogen-bond donors (Lipinski definition) is 1. The summed E-state index contributed by atoms with van der Waals surface area (Å²) in [4.78, 5) is 2.07. The van der Waals surface area contributed by atoms with Crippen molar-refractivity contribution in [3.8, 4) is 6.07 Å². The van der Waals surface area contributed by atoms with Crippen LogP contribution < -0.4 is 0 Å². The number of benzene rings is 2. The van der Waals surface area contributed by atoms with Gasteiger partial charge in [0.05, 0.1) is 11.0 Å². The van der Waals surface area contributed by atoms with Gasteiger partial charge in [0.2, 0.25) is 0 Å². The Kier molecular flexibility index (Phi) is 7.35. The predicted molar refractivity (Wildman–Crippen MR) is 121 cm³/mol. The van der Waals surface area contributed by atoms with E-state index in [-0.39, 0.29) is 10.9 Å². The quantitative estimate of drug-likeness (QED) is 0.521. The van der Waals surface area contributed by atoms with Crippen molar-refractivity contribution in [2.75, 3.05) is 6.54 Å². The number of halogens is 1. The summed E-state index contributed by atoms with van der Waals surface area (Å²) in [6.07, 6.45) is 4.21. The average Bonchev–Trinajstić information content (AvgIpc) is 2.71. The molecular weight excluding hydrogens is 464 g/mol. The first kappa shape index (κ1) is 23.0. The van der Waals surface area contributed by atoms with E-state index in [4.69, 9.17) is 0 Å². The Morgan fingerprint density at radius 2 is 2.00 bits per heavy atom. The first-order valence-electron chi connectivity index (χ1n) is 10.3. The summed E-state index contributed by atoms with van der Waals surface area (Å²) in [5, 5.41) is 10.1. The second kappa shape index (κ2) is 9.61. The Balaban J connectivity index is 2.21. The molecule has 2 unspecified atom stereocenters. The van der Waals surface area contributed by atoms with Crippen LogP contribution in [-0.4, -0.2) is 24.4 Å². The third kappa shape index (κ3) is 4.62. The standard InChI is InChI=1S/C23H27BrN2O3S/c1-3-8-17-16(2)12-13-22(30(27,28)29)23(17)20-11-6-7-14-26(20)21(15-25)18-9-4-5-10-19(18)24/h4-5,9-10,12-13,20-21H,3,6-8,11,14H2,1-2H3,(H,27,28,29). The van der Waals surface area contributed by atoms with Crippen molar-refractivity contribution < 1.29 is 13.0 Å². The van der Waals surface area contributed by atoms with Crippen LogP contribution in [0.4, 0.5) is 0 Å². The molecule has 2 aromatic carbocycles. The lowest BCUT2D eigenvalue weighted by molar-refractivity contribution is 0.117. The van der Waals surface area contributed by atoms with Gasteiger partial charge in [0.15, 0.2) is 0 Å². The molecule has 0 amide bonds. The summed E-state index contributed by atoms with van der Waals surface area (Å²) in [6, 6.07) is 12.6. The summed E-state index contributed by atoms with van der Waals surface area (Å²) in [6.45, 7) is 4.72. The number of hydrogen-bond acceptors (Lipinski definition) is 4. The van der Waals surface area contributed by atoms with Crippen molar-refractivity contribution in [3.63, 3.8) is 0 Å². The monoisotopic (exact) mass is 490 g/mol. The maximum Gasteiger partial charge on any atom is 0.294 e. The maximum atomic E-state index is 12.3. The topological polar surface area (TPSA) is 81.4 Å². The molecule has 2 atom stereocenters. The minimum atomic E-state index is -4.39. The number of nitriles is 1. The number of rotatable bonds is 6. The van der Waals surface area contributed by atoms with Crippen molar-refractivity contribution in [1.29, 1.82) is 5.26 Å². The highest BCUT2D eigenvalue weighted by Crippen LogP contribution is 2.43. The van der Waals surface area contributed by atoms with Crippen molar-refractivity contribution in [2.45, 2.75) is 62.9 Å². The van der Waals surface area contributed by atoms with Crippen LogP contribution >= 0.6 is 15.9 Å². The lowest BCUT2D eigenvalue weighted by Crippen LogP contribution is -2.37. The van der Waals surface area contributed by atoms with E-state index in [9.17, 15) is 18.2 Å². The first-order chi connectivity index (χ1) is 14.3. The molecule has 0 bridgehead atoms. The molecule has 30 heavy (non-hydrogen) atoms. The molecule has 3 rings (SSSR count). The Labute approximate surface area is 187 Å². The molecule has 1 aliphatic heterocycles. The van der Waals surface area contributed by atoms with Crippen LogP contribution in [0.15, 0.2) is 45.8 Å². The van der Waals surface area contributed by atoms with Gasteiger partial charge in [-0.1, -0.05) is 60.0 Å². The van der Waals surface area contributed by atoms with Gasteiger partial charge in [-0.15, -0.1) is 0 Å². The van der Waals surface area contributed by atoms with Crippen LogP contribution in [0.1, 0.15) is 66.9 Å². The van der Waals surface area contributed by atoms with Crippen molar-refractivity contribution in [1.82, 2.24) is 4.90 Å². The van der Waals surface area contributed by atoms with Gasteiger partial charge in [0.25, 0.3) is 10.1 Å². The van der Waals surface area contributed by atoms with Crippen LogP contribution in [0.2, 0.25) is 0 Å². The largest absolute Gasteiger partial charge is 0.294 e. The zero-order chi connectivity index (χ0) is 21.9. The molecule has 0 saturated carbocycles. The Hall–Kier alpha value is -1.72. The van der Waals surface area contributed by atoms with Crippen molar-refractivity contribution in [3.05, 3.63) is 63.1 Å². The predicted octanol–water partition coefficient (Wildman–Crippen LogP) is 5.75. The fourth-order valence-corrected chi connectivity index (χ4v) is 5.80. The summed E-state index contributed by atoms with van der Waals surface area (Å²) < 4.78 is 35.5. The van der Waals surface area contributed by atoms with Crippen molar-refractivity contribution in [2.24, 2.45) is 0 Å². The van der Waals surface area contributed by atoms with Gasteiger partial charge in [-0.25, -0.2) is 0 Å². The summed E-state index contributed by atoms with van der Waals surface area (Å²) in [5.74, 6) is 0. The SMILES string of the molecule is CCCc1c(C)ccc(S(=O)(=O)O)c1C1CCCCN1C(C#N)c1ccccc1Br. The molecule has 1 N–H and O–H groups in total. The minimum absolute atomic E-state index is 0.0303. The summed E-state index contributed by atoms with van der Waals surface area (Å²) in [5.41, 5.74) is 3.50. The zero-order valence-electron chi connectivity index (χ0n) is 17.3. The molecule has 160 valence electrons. The Morgan fingerprint density at radius 1 is 1.27 bits per heavy atom. The fourth-order valence-electron chi connectivity index (χ4n) is 4.52. The molecule has 0 spiro atoms. The highest BCUT2D eigenvalue weighted by Gasteiger charge is 2.36. The van der Waals surface area contributed by atoms with Gasteiger partial charge in [-0.05, 0) is 60.6 Å². The van der Waals surface area contributed by atoms with Crippen LogP contribution in [-0.2, 0) is 16.5 Å².